The second kappa shape index (κ2) is 12.2. The average Bonchev–Trinajstić information content (AvgIpc) is 2.89. The summed E-state index contributed by atoms with van der Waals surface area (Å²) in [7, 11) is 2.16. The number of piperidine rings is 1. The molecule has 0 bridgehead atoms. The van der Waals surface area contributed by atoms with Gasteiger partial charge < -0.3 is 9.64 Å². The zero-order chi connectivity index (χ0) is 25.5. The number of hydrogen-bond acceptors (Lipinski definition) is 3. The lowest BCUT2D eigenvalue weighted by molar-refractivity contribution is -0.135. The van der Waals surface area contributed by atoms with E-state index in [1.807, 2.05) is 35.2 Å². The molecule has 0 spiro atoms. The van der Waals surface area contributed by atoms with E-state index in [-0.39, 0.29) is 23.8 Å². The van der Waals surface area contributed by atoms with Crippen LogP contribution >= 0.6 is 0 Å². The molecule has 0 aliphatic carbocycles. The van der Waals surface area contributed by atoms with Crippen LogP contribution in [-0.2, 0) is 17.8 Å². The van der Waals surface area contributed by atoms with Crippen molar-refractivity contribution in [3.05, 3.63) is 101 Å². The van der Waals surface area contributed by atoms with Gasteiger partial charge in [0.2, 0.25) is 5.91 Å². The second-order valence-corrected chi connectivity index (χ2v) is 10.3. The van der Waals surface area contributed by atoms with Crippen LogP contribution in [0.2, 0.25) is 0 Å². The van der Waals surface area contributed by atoms with Crippen LogP contribution in [0, 0.1) is 11.7 Å². The largest absolute Gasteiger partial charge is 0.493 e. The molecule has 1 heterocycles. The van der Waals surface area contributed by atoms with E-state index in [2.05, 4.69) is 50.1 Å². The van der Waals surface area contributed by atoms with Crippen molar-refractivity contribution in [2.24, 2.45) is 5.92 Å². The lowest BCUT2D eigenvalue weighted by Crippen LogP contribution is -2.47. The second-order valence-electron chi connectivity index (χ2n) is 10.3. The molecule has 2 atom stereocenters. The van der Waals surface area contributed by atoms with Crippen LogP contribution in [0.5, 0.6) is 5.75 Å². The zero-order valence-corrected chi connectivity index (χ0v) is 21.6. The molecule has 0 unspecified atom stereocenters. The van der Waals surface area contributed by atoms with Gasteiger partial charge in [0, 0.05) is 25.2 Å². The van der Waals surface area contributed by atoms with Crippen LogP contribution in [-0.4, -0.2) is 41.9 Å². The highest BCUT2D eigenvalue weighted by Crippen LogP contribution is 2.33. The minimum atomic E-state index is -0.264. The standard InChI is InChI=1S/C31H37FN2O2/c1-23(2)22-36-29-15-11-24(12-16-29)19-31(35)34(21-25-9-13-27(32)14-10-25)28-17-18-33(3)30(20-28)26-7-5-4-6-8-26/h4-16,23,28,30H,17-22H2,1-3H3/t28-,30+/m1/s1. The number of amides is 1. The Bertz CT molecular complexity index is 1100. The fourth-order valence-electron chi connectivity index (χ4n) is 4.86. The SMILES string of the molecule is CC(C)COc1ccc(CC(=O)N(Cc2ccc(F)cc2)[C@@H]2CCN(C)[C@H](c3ccccc3)C2)cc1. The number of benzene rings is 3. The number of hydrogen-bond donors (Lipinski definition) is 0. The fourth-order valence-corrected chi connectivity index (χ4v) is 4.86. The maximum absolute atomic E-state index is 13.7. The number of carbonyl (C=O) groups excluding carboxylic acids is 1. The summed E-state index contributed by atoms with van der Waals surface area (Å²) in [5.74, 6) is 1.11. The molecule has 0 radical (unpaired) electrons. The Labute approximate surface area is 214 Å². The van der Waals surface area contributed by atoms with Crippen LogP contribution in [0.1, 0.15) is 49.4 Å². The van der Waals surface area contributed by atoms with Crippen LogP contribution in [0.15, 0.2) is 78.9 Å². The smallest absolute Gasteiger partial charge is 0.227 e. The highest BCUT2D eigenvalue weighted by molar-refractivity contribution is 5.79. The molecule has 3 aromatic rings. The third-order valence-corrected chi connectivity index (χ3v) is 6.92. The summed E-state index contributed by atoms with van der Waals surface area (Å²) in [5, 5.41) is 0. The molecule has 0 saturated carbocycles. The molecule has 4 nitrogen and oxygen atoms in total. The van der Waals surface area contributed by atoms with Gasteiger partial charge in [-0.15, -0.1) is 0 Å². The number of likely N-dealkylation sites (tertiary alicyclic amines) is 1. The quantitative estimate of drug-likeness (QED) is 0.356. The predicted molar refractivity (Wildman–Crippen MR) is 142 cm³/mol. The van der Waals surface area contributed by atoms with Crippen molar-refractivity contribution in [3.8, 4) is 5.75 Å². The summed E-state index contributed by atoms with van der Waals surface area (Å²) in [4.78, 5) is 18.1. The Kier molecular flexibility index (Phi) is 8.76. The fraction of sp³-hybridized carbons (Fsp3) is 0.387. The third kappa shape index (κ3) is 6.94. The highest BCUT2D eigenvalue weighted by Gasteiger charge is 2.33. The van der Waals surface area contributed by atoms with Crippen molar-refractivity contribution >= 4 is 5.91 Å². The molecule has 190 valence electrons. The molecule has 1 fully saturated rings. The number of carbonyl (C=O) groups is 1. The Balaban J connectivity index is 1.52. The van der Waals surface area contributed by atoms with Gasteiger partial charge in [0.25, 0.3) is 0 Å². The molecule has 0 N–H and O–H groups in total. The molecule has 4 rings (SSSR count). The van der Waals surface area contributed by atoms with E-state index < -0.39 is 0 Å². The molecule has 0 aromatic heterocycles. The minimum Gasteiger partial charge on any atom is -0.493 e. The monoisotopic (exact) mass is 488 g/mol. The van der Waals surface area contributed by atoms with Crippen molar-refractivity contribution in [1.82, 2.24) is 9.80 Å². The molecule has 5 heteroatoms. The number of halogens is 1. The summed E-state index contributed by atoms with van der Waals surface area (Å²) in [6.07, 6.45) is 2.11. The van der Waals surface area contributed by atoms with Crippen molar-refractivity contribution in [2.45, 2.75) is 51.7 Å². The van der Waals surface area contributed by atoms with Crippen LogP contribution in [0.3, 0.4) is 0 Å². The Morgan fingerprint density at radius 1 is 1.00 bits per heavy atom. The van der Waals surface area contributed by atoms with E-state index in [0.29, 0.717) is 25.5 Å². The molecular formula is C31H37FN2O2. The van der Waals surface area contributed by atoms with Gasteiger partial charge >= 0.3 is 0 Å². The van der Waals surface area contributed by atoms with E-state index in [1.165, 1.54) is 17.7 Å². The van der Waals surface area contributed by atoms with Gasteiger partial charge in [-0.2, -0.15) is 0 Å². The summed E-state index contributed by atoms with van der Waals surface area (Å²) < 4.78 is 19.3. The van der Waals surface area contributed by atoms with E-state index >= 15 is 0 Å². The van der Waals surface area contributed by atoms with E-state index in [4.69, 9.17) is 4.74 Å². The maximum atomic E-state index is 13.7. The van der Waals surface area contributed by atoms with Gasteiger partial charge in [-0.05, 0) is 66.8 Å². The first-order valence-corrected chi connectivity index (χ1v) is 12.9. The molecule has 36 heavy (non-hydrogen) atoms. The molecule has 1 amide bonds. The highest BCUT2D eigenvalue weighted by atomic mass is 19.1. The van der Waals surface area contributed by atoms with Crippen molar-refractivity contribution in [3.63, 3.8) is 0 Å². The van der Waals surface area contributed by atoms with Gasteiger partial charge in [0.15, 0.2) is 0 Å². The molecular weight excluding hydrogens is 451 g/mol. The predicted octanol–water partition coefficient (Wildman–Crippen LogP) is 6.27. The third-order valence-electron chi connectivity index (χ3n) is 6.92. The average molecular weight is 489 g/mol. The Hall–Kier alpha value is -3.18. The summed E-state index contributed by atoms with van der Waals surface area (Å²) in [5.41, 5.74) is 3.18. The molecule has 1 aliphatic rings. The molecule has 1 saturated heterocycles. The number of nitrogens with zero attached hydrogens (tertiary/aromatic N) is 2. The Morgan fingerprint density at radius 3 is 2.33 bits per heavy atom. The van der Waals surface area contributed by atoms with Gasteiger partial charge in [0.05, 0.1) is 13.0 Å². The van der Waals surface area contributed by atoms with Crippen molar-refractivity contribution in [1.29, 1.82) is 0 Å². The van der Waals surface area contributed by atoms with Gasteiger partial charge in [-0.25, -0.2) is 4.39 Å². The lowest BCUT2D eigenvalue weighted by Gasteiger charge is -2.42. The maximum Gasteiger partial charge on any atom is 0.227 e. The Morgan fingerprint density at radius 2 is 1.67 bits per heavy atom. The van der Waals surface area contributed by atoms with Crippen LogP contribution in [0.4, 0.5) is 4.39 Å². The van der Waals surface area contributed by atoms with E-state index in [1.54, 1.807) is 12.1 Å². The van der Waals surface area contributed by atoms with E-state index in [0.717, 1.165) is 36.3 Å². The van der Waals surface area contributed by atoms with Gasteiger partial charge in [-0.1, -0.05) is 68.4 Å². The van der Waals surface area contributed by atoms with Gasteiger partial charge in [-0.3, -0.25) is 9.69 Å². The number of rotatable bonds is 9. The minimum absolute atomic E-state index is 0.0940. The summed E-state index contributed by atoms with van der Waals surface area (Å²) in [6, 6.07) is 25.2. The number of ether oxygens (including phenoxy) is 1. The van der Waals surface area contributed by atoms with Crippen molar-refractivity contribution < 1.29 is 13.9 Å². The molecule has 3 aromatic carbocycles. The van der Waals surface area contributed by atoms with Crippen LogP contribution < -0.4 is 4.74 Å². The first-order valence-electron chi connectivity index (χ1n) is 12.9. The van der Waals surface area contributed by atoms with Crippen LogP contribution in [0.25, 0.3) is 0 Å². The molecule has 1 aliphatic heterocycles. The lowest BCUT2D eigenvalue weighted by atomic mass is 9.90. The first kappa shape index (κ1) is 25.9. The zero-order valence-electron chi connectivity index (χ0n) is 21.6. The first-order chi connectivity index (χ1) is 17.4. The summed E-state index contributed by atoms with van der Waals surface area (Å²) >= 11 is 0. The van der Waals surface area contributed by atoms with Crippen molar-refractivity contribution in [2.75, 3.05) is 20.2 Å². The summed E-state index contributed by atoms with van der Waals surface area (Å²) in [6.45, 7) is 6.30. The normalized spacial score (nSPS) is 18.2. The van der Waals surface area contributed by atoms with E-state index in [9.17, 15) is 9.18 Å². The topological polar surface area (TPSA) is 32.8 Å². The van der Waals surface area contributed by atoms with Gasteiger partial charge in [0.1, 0.15) is 11.6 Å².